The number of pyridine rings is 1. The number of fused-ring (bicyclic) bond motifs is 1. The van der Waals surface area contributed by atoms with Gasteiger partial charge < -0.3 is 15.0 Å². The SMILES string of the molecule is CC(=O)CNC(=O)c1c(O)c2cc(-c3ccccc3)c(C)cc2n(C)c1=O. The molecule has 1 heterocycles. The van der Waals surface area contributed by atoms with Crippen molar-refractivity contribution in [3.05, 3.63) is 63.9 Å². The summed E-state index contributed by atoms with van der Waals surface area (Å²) in [6.45, 7) is 3.05. The van der Waals surface area contributed by atoms with Gasteiger partial charge in [-0.25, -0.2) is 0 Å². The van der Waals surface area contributed by atoms with E-state index < -0.39 is 11.5 Å². The molecule has 0 radical (unpaired) electrons. The molecule has 1 amide bonds. The minimum Gasteiger partial charge on any atom is -0.506 e. The number of aryl methyl sites for hydroxylation is 2. The zero-order chi connectivity index (χ0) is 19.7. The summed E-state index contributed by atoms with van der Waals surface area (Å²) >= 11 is 0. The number of hydrogen-bond donors (Lipinski definition) is 2. The van der Waals surface area contributed by atoms with E-state index in [1.165, 1.54) is 11.5 Å². The first kappa shape index (κ1) is 18.4. The molecule has 6 nitrogen and oxygen atoms in total. The molecule has 0 aliphatic rings. The first-order valence-electron chi connectivity index (χ1n) is 8.50. The van der Waals surface area contributed by atoms with Gasteiger partial charge in [0, 0.05) is 12.4 Å². The number of carbonyl (C=O) groups is 2. The molecule has 6 heteroatoms. The summed E-state index contributed by atoms with van der Waals surface area (Å²) in [5.41, 5.74) is 2.34. The van der Waals surface area contributed by atoms with Crippen LogP contribution in [0, 0.1) is 6.92 Å². The molecule has 27 heavy (non-hydrogen) atoms. The fourth-order valence-electron chi connectivity index (χ4n) is 3.10. The molecule has 2 aromatic carbocycles. The van der Waals surface area contributed by atoms with E-state index in [0.29, 0.717) is 10.9 Å². The molecule has 0 bridgehead atoms. The van der Waals surface area contributed by atoms with Crippen molar-refractivity contribution in [2.24, 2.45) is 7.05 Å². The smallest absolute Gasteiger partial charge is 0.267 e. The second kappa shape index (κ2) is 7.07. The maximum atomic E-state index is 12.6. The van der Waals surface area contributed by atoms with Gasteiger partial charge in [-0.05, 0) is 42.7 Å². The van der Waals surface area contributed by atoms with Crippen LogP contribution in [-0.2, 0) is 11.8 Å². The van der Waals surface area contributed by atoms with Crippen LogP contribution in [0.2, 0.25) is 0 Å². The fourth-order valence-corrected chi connectivity index (χ4v) is 3.10. The first-order chi connectivity index (χ1) is 12.8. The van der Waals surface area contributed by atoms with Crippen LogP contribution in [-0.4, -0.2) is 27.9 Å². The van der Waals surface area contributed by atoms with Crippen LogP contribution in [0.3, 0.4) is 0 Å². The van der Waals surface area contributed by atoms with Gasteiger partial charge in [-0.1, -0.05) is 30.3 Å². The molecule has 3 rings (SSSR count). The summed E-state index contributed by atoms with van der Waals surface area (Å²) in [6.07, 6.45) is 0. The summed E-state index contributed by atoms with van der Waals surface area (Å²) in [5, 5.41) is 13.5. The van der Waals surface area contributed by atoms with Gasteiger partial charge in [0.15, 0.2) is 0 Å². The zero-order valence-electron chi connectivity index (χ0n) is 15.4. The summed E-state index contributed by atoms with van der Waals surface area (Å²) in [7, 11) is 1.55. The summed E-state index contributed by atoms with van der Waals surface area (Å²) in [5.74, 6) is -1.40. The highest BCUT2D eigenvalue weighted by Crippen LogP contribution is 2.33. The lowest BCUT2D eigenvalue weighted by atomic mass is 9.97. The number of rotatable bonds is 4. The van der Waals surface area contributed by atoms with Crippen molar-refractivity contribution >= 4 is 22.6 Å². The van der Waals surface area contributed by atoms with Crippen LogP contribution in [0.1, 0.15) is 22.8 Å². The van der Waals surface area contributed by atoms with Crippen LogP contribution in [0.4, 0.5) is 0 Å². The summed E-state index contributed by atoms with van der Waals surface area (Å²) < 4.78 is 1.33. The lowest BCUT2D eigenvalue weighted by Gasteiger charge is -2.15. The van der Waals surface area contributed by atoms with Crippen LogP contribution >= 0.6 is 0 Å². The number of amides is 1. The molecule has 0 atom stereocenters. The molecule has 3 aromatic rings. The lowest BCUT2D eigenvalue weighted by Crippen LogP contribution is -2.34. The third kappa shape index (κ3) is 3.33. The second-order valence-corrected chi connectivity index (χ2v) is 6.52. The highest BCUT2D eigenvalue weighted by molar-refractivity contribution is 6.04. The van der Waals surface area contributed by atoms with Gasteiger partial charge in [-0.15, -0.1) is 0 Å². The van der Waals surface area contributed by atoms with E-state index in [1.54, 1.807) is 13.1 Å². The molecule has 2 N–H and O–H groups in total. The van der Waals surface area contributed by atoms with Crippen molar-refractivity contribution in [2.75, 3.05) is 6.54 Å². The number of aromatic nitrogens is 1. The Morgan fingerprint density at radius 1 is 1.15 bits per heavy atom. The normalized spacial score (nSPS) is 10.8. The molecule has 0 unspecified atom stereocenters. The summed E-state index contributed by atoms with van der Waals surface area (Å²) in [6, 6.07) is 13.2. The maximum absolute atomic E-state index is 12.6. The topological polar surface area (TPSA) is 88.4 Å². The van der Waals surface area contributed by atoms with E-state index in [-0.39, 0.29) is 23.6 Å². The monoisotopic (exact) mass is 364 g/mol. The van der Waals surface area contributed by atoms with E-state index >= 15 is 0 Å². The Morgan fingerprint density at radius 2 is 1.81 bits per heavy atom. The highest BCUT2D eigenvalue weighted by Gasteiger charge is 2.22. The maximum Gasteiger partial charge on any atom is 0.267 e. The minimum atomic E-state index is -0.771. The van der Waals surface area contributed by atoms with Gasteiger partial charge >= 0.3 is 0 Å². The molecular formula is C21H20N2O4. The molecule has 0 aliphatic carbocycles. The zero-order valence-corrected chi connectivity index (χ0v) is 15.4. The Morgan fingerprint density at radius 3 is 2.44 bits per heavy atom. The molecule has 0 aliphatic heterocycles. The number of nitrogens with zero attached hydrogens (tertiary/aromatic N) is 1. The van der Waals surface area contributed by atoms with E-state index in [4.69, 9.17) is 0 Å². The highest BCUT2D eigenvalue weighted by atomic mass is 16.3. The van der Waals surface area contributed by atoms with Crippen molar-refractivity contribution in [1.29, 1.82) is 0 Å². The summed E-state index contributed by atoms with van der Waals surface area (Å²) in [4.78, 5) is 36.1. The van der Waals surface area contributed by atoms with Gasteiger partial charge in [-0.3, -0.25) is 14.4 Å². The van der Waals surface area contributed by atoms with Crippen molar-refractivity contribution in [1.82, 2.24) is 9.88 Å². The second-order valence-electron chi connectivity index (χ2n) is 6.52. The van der Waals surface area contributed by atoms with E-state index in [1.807, 2.05) is 43.3 Å². The third-order valence-electron chi connectivity index (χ3n) is 4.52. The molecular weight excluding hydrogens is 344 g/mol. The number of aromatic hydroxyl groups is 1. The number of Topliss-reactive ketones (excluding diaryl/α,β-unsaturated/α-hetero) is 1. The Bertz CT molecular complexity index is 1110. The lowest BCUT2D eigenvalue weighted by molar-refractivity contribution is -0.116. The molecule has 0 spiro atoms. The Balaban J connectivity index is 2.25. The van der Waals surface area contributed by atoms with Crippen molar-refractivity contribution < 1.29 is 14.7 Å². The Kier molecular flexibility index (Phi) is 4.81. The standard InChI is InChI=1S/C21H20N2O4/c1-12-9-17-16(10-15(12)14-7-5-4-6-8-14)19(25)18(21(27)23(17)3)20(26)22-11-13(2)24/h4-10,25H,11H2,1-3H3,(H,22,26). The number of ketones is 1. The quantitative estimate of drug-likeness (QED) is 0.745. The third-order valence-corrected chi connectivity index (χ3v) is 4.52. The molecule has 0 saturated heterocycles. The minimum absolute atomic E-state index is 0.206. The molecule has 1 aromatic heterocycles. The van der Waals surface area contributed by atoms with Gasteiger partial charge in [0.1, 0.15) is 17.1 Å². The number of benzene rings is 2. The van der Waals surface area contributed by atoms with Gasteiger partial charge in [-0.2, -0.15) is 0 Å². The van der Waals surface area contributed by atoms with Gasteiger partial charge in [0.2, 0.25) is 0 Å². The van der Waals surface area contributed by atoms with Crippen molar-refractivity contribution in [3.8, 4) is 16.9 Å². The first-order valence-corrected chi connectivity index (χ1v) is 8.50. The van der Waals surface area contributed by atoms with Crippen molar-refractivity contribution in [2.45, 2.75) is 13.8 Å². The van der Waals surface area contributed by atoms with Crippen molar-refractivity contribution in [3.63, 3.8) is 0 Å². The van der Waals surface area contributed by atoms with Gasteiger partial charge in [0.05, 0.1) is 12.1 Å². The predicted octanol–water partition coefficient (Wildman–Crippen LogP) is 2.54. The largest absolute Gasteiger partial charge is 0.506 e. The van der Waals surface area contributed by atoms with Gasteiger partial charge in [0.25, 0.3) is 11.5 Å². The Labute approximate surface area is 156 Å². The average Bonchev–Trinajstić information content (AvgIpc) is 2.65. The predicted molar refractivity (Wildman–Crippen MR) is 104 cm³/mol. The number of carbonyl (C=O) groups excluding carboxylic acids is 2. The number of hydrogen-bond acceptors (Lipinski definition) is 4. The van der Waals surface area contributed by atoms with Crippen LogP contribution in [0.15, 0.2) is 47.3 Å². The van der Waals surface area contributed by atoms with Crippen LogP contribution in [0.5, 0.6) is 5.75 Å². The van der Waals surface area contributed by atoms with E-state index in [2.05, 4.69) is 5.32 Å². The van der Waals surface area contributed by atoms with Crippen LogP contribution < -0.4 is 10.9 Å². The van der Waals surface area contributed by atoms with E-state index in [0.717, 1.165) is 16.7 Å². The van der Waals surface area contributed by atoms with E-state index in [9.17, 15) is 19.5 Å². The van der Waals surface area contributed by atoms with Crippen LogP contribution in [0.25, 0.3) is 22.0 Å². The fraction of sp³-hybridized carbons (Fsp3) is 0.190. The number of nitrogens with one attached hydrogen (secondary N) is 1. The molecule has 138 valence electrons. The Hall–Kier alpha value is -3.41. The molecule has 0 saturated carbocycles. The molecule has 0 fully saturated rings. The average molecular weight is 364 g/mol.